The molecule has 1 aliphatic rings. The molecule has 180 valence electrons. The Kier molecular flexibility index (Phi) is 7.53. The number of rotatable bonds is 6. The van der Waals surface area contributed by atoms with E-state index in [1.54, 1.807) is 26.0 Å². The van der Waals surface area contributed by atoms with Crippen molar-refractivity contribution in [2.75, 3.05) is 11.9 Å². The fourth-order valence-electron chi connectivity index (χ4n) is 4.64. The smallest absolute Gasteiger partial charge is 0.324 e. The van der Waals surface area contributed by atoms with Crippen molar-refractivity contribution in [3.63, 3.8) is 0 Å². The molecule has 0 saturated heterocycles. The van der Waals surface area contributed by atoms with Crippen LogP contribution in [0.5, 0.6) is 0 Å². The molecule has 1 aliphatic carbocycles. The summed E-state index contributed by atoms with van der Waals surface area (Å²) in [6, 6.07) is 7.84. The van der Waals surface area contributed by atoms with Crippen molar-refractivity contribution in [2.45, 2.75) is 70.0 Å². The van der Waals surface area contributed by atoms with Gasteiger partial charge in [-0.25, -0.2) is 8.42 Å². The summed E-state index contributed by atoms with van der Waals surface area (Å²) in [4.78, 5) is 13.0. The van der Waals surface area contributed by atoms with Crippen LogP contribution in [0.25, 0.3) is 0 Å². The lowest BCUT2D eigenvalue weighted by molar-refractivity contribution is -0.137. The van der Waals surface area contributed by atoms with Gasteiger partial charge >= 0.3 is 6.18 Å². The first-order valence-electron chi connectivity index (χ1n) is 11.0. The highest BCUT2D eigenvalue weighted by atomic mass is 32.2. The number of nitrogens with zero attached hydrogens (tertiary/aromatic N) is 1. The first kappa shape index (κ1) is 25.2. The van der Waals surface area contributed by atoms with Crippen LogP contribution in [0.4, 0.5) is 18.9 Å². The highest BCUT2D eigenvalue weighted by Crippen LogP contribution is 2.35. The van der Waals surface area contributed by atoms with E-state index in [0.717, 1.165) is 37.0 Å². The average molecular weight is 483 g/mol. The van der Waals surface area contributed by atoms with Crippen LogP contribution in [0.2, 0.25) is 0 Å². The van der Waals surface area contributed by atoms with Crippen molar-refractivity contribution >= 4 is 21.6 Å². The molecule has 2 aromatic rings. The Bertz CT molecular complexity index is 1100. The molecule has 0 radical (unpaired) electrons. The summed E-state index contributed by atoms with van der Waals surface area (Å²) < 4.78 is 68.7. The van der Waals surface area contributed by atoms with Gasteiger partial charge in [-0.2, -0.15) is 17.5 Å². The van der Waals surface area contributed by atoms with Gasteiger partial charge in [-0.3, -0.25) is 4.79 Å². The Morgan fingerprint density at radius 1 is 1.03 bits per heavy atom. The molecule has 3 rings (SSSR count). The number of hydrogen-bond donors (Lipinski definition) is 1. The lowest BCUT2D eigenvalue weighted by Crippen LogP contribution is -2.46. The summed E-state index contributed by atoms with van der Waals surface area (Å²) in [7, 11) is -4.05. The molecule has 9 heteroatoms. The van der Waals surface area contributed by atoms with Gasteiger partial charge in [-0.1, -0.05) is 49.1 Å². The number of aryl methyl sites for hydroxylation is 3. The van der Waals surface area contributed by atoms with E-state index in [1.807, 2.05) is 6.92 Å². The minimum absolute atomic E-state index is 0.155. The Hall–Kier alpha value is -2.39. The predicted molar refractivity (Wildman–Crippen MR) is 121 cm³/mol. The molecule has 0 bridgehead atoms. The van der Waals surface area contributed by atoms with Crippen LogP contribution < -0.4 is 5.32 Å². The topological polar surface area (TPSA) is 66.5 Å². The number of carbonyl (C=O) groups excluding carboxylic acids is 1. The standard InChI is InChI=1S/C24H29F3N2O3S/c1-16-13-17(2)23(18(3)14-16)33(31,32)29(19-9-5-4-6-10-19)15-22(30)28-21-12-8-7-11-20(21)24(25,26)27/h7-8,11-14,19H,4-6,9-10,15H2,1-3H3,(H,28,30). The number of alkyl halides is 3. The summed E-state index contributed by atoms with van der Waals surface area (Å²) in [6.45, 7) is 4.75. The summed E-state index contributed by atoms with van der Waals surface area (Å²) in [5, 5.41) is 2.28. The predicted octanol–water partition coefficient (Wildman–Crippen LogP) is 5.59. The van der Waals surface area contributed by atoms with Gasteiger partial charge < -0.3 is 5.32 Å². The molecule has 1 fully saturated rings. The summed E-state index contributed by atoms with van der Waals surface area (Å²) in [6.07, 6.45) is -0.777. The Morgan fingerprint density at radius 2 is 1.61 bits per heavy atom. The number of anilines is 1. The van der Waals surface area contributed by atoms with Crippen LogP contribution >= 0.6 is 0 Å². The first-order chi connectivity index (χ1) is 15.4. The van der Waals surface area contributed by atoms with Gasteiger partial charge in [0.05, 0.1) is 22.7 Å². The van der Waals surface area contributed by atoms with Crippen LogP contribution in [0.3, 0.4) is 0 Å². The van der Waals surface area contributed by atoms with E-state index < -0.39 is 39.9 Å². The number of sulfonamides is 1. The lowest BCUT2D eigenvalue weighted by Gasteiger charge is -2.34. The second-order valence-electron chi connectivity index (χ2n) is 8.66. The number of para-hydroxylation sites is 1. The van der Waals surface area contributed by atoms with Crippen molar-refractivity contribution < 1.29 is 26.4 Å². The van der Waals surface area contributed by atoms with E-state index in [0.29, 0.717) is 24.0 Å². The van der Waals surface area contributed by atoms with E-state index in [2.05, 4.69) is 5.32 Å². The Balaban J connectivity index is 1.95. The number of benzene rings is 2. The third-order valence-electron chi connectivity index (χ3n) is 5.96. The highest BCUT2D eigenvalue weighted by Gasteiger charge is 2.37. The van der Waals surface area contributed by atoms with Crippen molar-refractivity contribution in [3.05, 3.63) is 58.7 Å². The maximum atomic E-state index is 13.8. The lowest BCUT2D eigenvalue weighted by atomic mass is 9.95. The fraction of sp³-hybridized carbons (Fsp3) is 0.458. The fourth-order valence-corrected chi connectivity index (χ4v) is 6.70. The molecule has 0 aromatic heterocycles. The van der Waals surface area contributed by atoms with E-state index in [9.17, 15) is 26.4 Å². The molecule has 0 heterocycles. The molecule has 0 unspecified atom stereocenters. The number of amides is 1. The minimum Gasteiger partial charge on any atom is -0.324 e. The zero-order chi connectivity index (χ0) is 24.4. The monoisotopic (exact) mass is 482 g/mol. The average Bonchev–Trinajstić information content (AvgIpc) is 2.71. The number of nitrogens with one attached hydrogen (secondary N) is 1. The van der Waals surface area contributed by atoms with Gasteiger partial charge in [0.2, 0.25) is 15.9 Å². The zero-order valence-corrected chi connectivity index (χ0v) is 19.8. The molecule has 0 atom stereocenters. The van der Waals surface area contributed by atoms with E-state index in [1.165, 1.54) is 16.4 Å². The minimum atomic E-state index is -4.64. The zero-order valence-electron chi connectivity index (χ0n) is 19.0. The van der Waals surface area contributed by atoms with Crippen molar-refractivity contribution in [1.82, 2.24) is 4.31 Å². The first-order valence-corrected chi connectivity index (χ1v) is 12.4. The molecule has 5 nitrogen and oxygen atoms in total. The van der Waals surface area contributed by atoms with Gasteiger partial charge in [0, 0.05) is 6.04 Å². The number of hydrogen-bond acceptors (Lipinski definition) is 3. The third-order valence-corrected chi connectivity index (χ3v) is 8.16. The summed E-state index contributed by atoms with van der Waals surface area (Å²) in [5.41, 5.74) is 0.719. The van der Waals surface area contributed by atoms with Gasteiger partial charge in [0.25, 0.3) is 0 Å². The molecule has 0 spiro atoms. The highest BCUT2D eigenvalue weighted by molar-refractivity contribution is 7.89. The van der Waals surface area contributed by atoms with Gasteiger partial charge in [-0.05, 0) is 56.9 Å². The van der Waals surface area contributed by atoms with Crippen LogP contribution in [0, 0.1) is 20.8 Å². The second kappa shape index (κ2) is 9.85. The SMILES string of the molecule is Cc1cc(C)c(S(=O)(=O)N(CC(=O)Nc2ccccc2C(F)(F)F)C2CCCCC2)c(C)c1. The maximum absolute atomic E-state index is 13.8. The second-order valence-corrected chi connectivity index (χ2v) is 10.5. The quantitative estimate of drug-likeness (QED) is 0.584. The molecular formula is C24H29F3N2O3S. The largest absolute Gasteiger partial charge is 0.418 e. The van der Waals surface area contributed by atoms with Gasteiger partial charge in [-0.15, -0.1) is 0 Å². The van der Waals surface area contributed by atoms with E-state index in [-0.39, 0.29) is 10.9 Å². The molecule has 1 saturated carbocycles. The van der Waals surface area contributed by atoms with Crippen LogP contribution in [0.1, 0.15) is 54.4 Å². The van der Waals surface area contributed by atoms with Crippen LogP contribution in [-0.2, 0) is 21.0 Å². The van der Waals surface area contributed by atoms with Crippen molar-refractivity contribution in [2.24, 2.45) is 0 Å². The van der Waals surface area contributed by atoms with Gasteiger partial charge in [0.1, 0.15) is 0 Å². The van der Waals surface area contributed by atoms with Crippen molar-refractivity contribution in [1.29, 1.82) is 0 Å². The molecular weight excluding hydrogens is 453 g/mol. The van der Waals surface area contributed by atoms with Crippen LogP contribution in [-0.4, -0.2) is 31.2 Å². The van der Waals surface area contributed by atoms with Crippen molar-refractivity contribution in [3.8, 4) is 0 Å². The Morgan fingerprint density at radius 3 is 2.18 bits per heavy atom. The molecule has 0 aliphatic heterocycles. The number of halogens is 3. The van der Waals surface area contributed by atoms with Gasteiger partial charge in [0.15, 0.2) is 0 Å². The number of carbonyl (C=O) groups is 1. The molecule has 33 heavy (non-hydrogen) atoms. The summed E-state index contributed by atoms with van der Waals surface area (Å²) >= 11 is 0. The summed E-state index contributed by atoms with van der Waals surface area (Å²) in [5.74, 6) is -0.803. The normalized spacial score (nSPS) is 15.6. The third kappa shape index (κ3) is 5.76. The maximum Gasteiger partial charge on any atom is 0.418 e. The molecule has 1 amide bonds. The Labute approximate surface area is 193 Å². The van der Waals surface area contributed by atoms with Crippen LogP contribution in [0.15, 0.2) is 41.3 Å². The van der Waals surface area contributed by atoms with E-state index >= 15 is 0 Å². The van der Waals surface area contributed by atoms with E-state index in [4.69, 9.17) is 0 Å². The molecule has 1 N–H and O–H groups in total. The molecule has 2 aromatic carbocycles.